The topological polar surface area (TPSA) is 0 Å². The van der Waals surface area contributed by atoms with Crippen molar-refractivity contribution in [3.63, 3.8) is 0 Å². The Morgan fingerprint density at radius 1 is 0.750 bits per heavy atom. The van der Waals surface area contributed by atoms with Crippen LogP contribution in [0.25, 0.3) is 0 Å². The monoisotopic (exact) mass is 110 g/mol. The molecule has 0 bridgehead atoms. The Hall–Kier alpha value is -0.260. The van der Waals surface area contributed by atoms with E-state index in [0.29, 0.717) is 10.8 Å². The summed E-state index contributed by atoms with van der Waals surface area (Å²) in [4.78, 5) is 0. The van der Waals surface area contributed by atoms with Crippen LogP contribution in [-0.2, 0) is 0 Å². The molecule has 1 aliphatic carbocycles. The lowest BCUT2D eigenvalue weighted by Gasteiger charge is -2.45. The van der Waals surface area contributed by atoms with Crippen LogP contribution in [0.1, 0.15) is 27.7 Å². The molecule has 0 N–H and O–H groups in total. The summed E-state index contributed by atoms with van der Waals surface area (Å²) in [5.41, 5.74) is 0.875. The maximum atomic E-state index is 2.27. The summed E-state index contributed by atoms with van der Waals surface area (Å²) in [7, 11) is 0. The molecule has 0 unspecified atom stereocenters. The van der Waals surface area contributed by atoms with Gasteiger partial charge in [0, 0.05) is 0 Å². The van der Waals surface area contributed by atoms with Crippen molar-refractivity contribution in [3.8, 4) is 0 Å². The van der Waals surface area contributed by atoms with Crippen LogP contribution in [-0.4, -0.2) is 0 Å². The fourth-order valence-corrected chi connectivity index (χ4v) is 0.750. The van der Waals surface area contributed by atoms with Gasteiger partial charge in [0.15, 0.2) is 0 Å². The van der Waals surface area contributed by atoms with Gasteiger partial charge in [0.2, 0.25) is 0 Å². The Morgan fingerprint density at radius 2 is 1.00 bits per heavy atom. The van der Waals surface area contributed by atoms with Crippen LogP contribution >= 0.6 is 0 Å². The first-order chi connectivity index (χ1) is 3.46. The minimum Gasteiger partial charge on any atom is -0.0814 e. The van der Waals surface area contributed by atoms with Crippen molar-refractivity contribution in [2.45, 2.75) is 27.7 Å². The second-order valence-electron chi connectivity index (χ2n) is 3.78. The summed E-state index contributed by atoms with van der Waals surface area (Å²) in [6, 6.07) is 0. The van der Waals surface area contributed by atoms with Gasteiger partial charge in [-0.1, -0.05) is 39.8 Å². The number of hydrogen-bond donors (Lipinski definition) is 0. The summed E-state index contributed by atoms with van der Waals surface area (Å²) in [5.74, 6) is 0. The van der Waals surface area contributed by atoms with Crippen LogP contribution in [0.5, 0.6) is 0 Å². The second-order valence-corrected chi connectivity index (χ2v) is 3.78. The predicted octanol–water partition coefficient (Wildman–Crippen LogP) is 2.61. The highest BCUT2D eigenvalue weighted by Crippen LogP contribution is 2.48. The molecule has 46 valence electrons. The lowest BCUT2D eigenvalue weighted by atomic mass is 9.60. The highest BCUT2D eigenvalue weighted by molar-refractivity contribution is 5.20. The van der Waals surface area contributed by atoms with E-state index in [1.807, 2.05) is 0 Å². The van der Waals surface area contributed by atoms with Crippen molar-refractivity contribution in [1.82, 2.24) is 0 Å². The molecule has 8 heavy (non-hydrogen) atoms. The summed E-state index contributed by atoms with van der Waals surface area (Å²) in [6.07, 6.45) is 4.54. The summed E-state index contributed by atoms with van der Waals surface area (Å²) in [5, 5.41) is 0. The van der Waals surface area contributed by atoms with Crippen LogP contribution in [0.2, 0.25) is 0 Å². The van der Waals surface area contributed by atoms with Gasteiger partial charge in [0.05, 0.1) is 0 Å². The molecule has 0 spiro atoms. The fraction of sp³-hybridized carbons (Fsp3) is 0.750. The Bertz CT molecular complexity index is 111. The molecule has 0 atom stereocenters. The van der Waals surface area contributed by atoms with Gasteiger partial charge in [-0.3, -0.25) is 0 Å². The van der Waals surface area contributed by atoms with E-state index in [-0.39, 0.29) is 0 Å². The Morgan fingerprint density at radius 3 is 1.00 bits per heavy atom. The first-order valence-electron chi connectivity index (χ1n) is 3.16. The van der Waals surface area contributed by atoms with Crippen molar-refractivity contribution >= 4 is 0 Å². The Labute approximate surface area is 51.6 Å². The second kappa shape index (κ2) is 1.18. The highest BCUT2D eigenvalue weighted by Gasteiger charge is 2.38. The SMILES string of the molecule is CC1(C)C=CC1(C)C. The van der Waals surface area contributed by atoms with E-state index in [2.05, 4.69) is 39.8 Å². The summed E-state index contributed by atoms with van der Waals surface area (Å²) >= 11 is 0. The van der Waals surface area contributed by atoms with Crippen molar-refractivity contribution in [2.75, 3.05) is 0 Å². The lowest BCUT2D eigenvalue weighted by molar-refractivity contribution is 0.189. The molecule has 0 radical (unpaired) electrons. The standard InChI is InChI=1S/C8H14/c1-7(2)5-6-8(7,3)4/h5-6H,1-4H3. The molecular weight excluding hydrogens is 96.1 g/mol. The molecule has 0 fully saturated rings. The van der Waals surface area contributed by atoms with Crippen LogP contribution in [0, 0.1) is 10.8 Å². The lowest BCUT2D eigenvalue weighted by Crippen LogP contribution is -2.35. The van der Waals surface area contributed by atoms with Gasteiger partial charge in [0.1, 0.15) is 0 Å². The quantitative estimate of drug-likeness (QED) is 0.420. The largest absolute Gasteiger partial charge is 0.0814 e. The van der Waals surface area contributed by atoms with Gasteiger partial charge >= 0.3 is 0 Å². The average Bonchev–Trinajstić information content (AvgIpc) is 1.64. The maximum absolute atomic E-state index is 2.27. The zero-order chi connectivity index (χ0) is 6.41. The van der Waals surface area contributed by atoms with E-state index >= 15 is 0 Å². The molecule has 0 saturated heterocycles. The van der Waals surface area contributed by atoms with E-state index in [0.717, 1.165) is 0 Å². The minimum atomic E-state index is 0.437. The third-order valence-corrected chi connectivity index (χ3v) is 2.58. The molecule has 0 aromatic carbocycles. The van der Waals surface area contributed by atoms with Gasteiger partial charge in [-0.15, -0.1) is 0 Å². The molecular formula is C8H14. The summed E-state index contributed by atoms with van der Waals surface area (Å²) < 4.78 is 0. The molecule has 1 rings (SSSR count). The van der Waals surface area contributed by atoms with E-state index in [4.69, 9.17) is 0 Å². The molecule has 0 nitrogen and oxygen atoms in total. The van der Waals surface area contributed by atoms with Gasteiger partial charge in [-0.2, -0.15) is 0 Å². The van der Waals surface area contributed by atoms with Crippen molar-refractivity contribution < 1.29 is 0 Å². The van der Waals surface area contributed by atoms with Crippen molar-refractivity contribution in [3.05, 3.63) is 12.2 Å². The third-order valence-electron chi connectivity index (χ3n) is 2.58. The predicted molar refractivity (Wildman–Crippen MR) is 36.7 cm³/mol. The molecule has 0 heterocycles. The van der Waals surface area contributed by atoms with E-state index in [1.165, 1.54) is 0 Å². The molecule has 1 aliphatic rings. The van der Waals surface area contributed by atoms with Gasteiger partial charge < -0.3 is 0 Å². The van der Waals surface area contributed by atoms with E-state index < -0.39 is 0 Å². The molecule has 0 aliphatic heterocycles. The van der Waals surface area contributed by atoms with Crippen LogP contribution in [0.15, 0.2) is 12.2 Å². The van der Waals surface area contributed by atoms with Crippen LogP contribution < -0.4 is 0 Å². The fourth-order valence-electron chi connectivity index (χ4n) is 0.750. The maximum Gasteiger partial charge on any atom is -0.00890 e. The zero-order valence-electron chi connectivity index (χ0n) is 6.15. The first-order valence-corrected chi connectivity index (χ1v) is 3.16. The molecule has 0 aromatic rings. The van der Waals surface area contributed by atoms with Gasteiger partial charge in [-0.05, 0) is 10.8 Å². The van der Waals surface area contributed by atoms with Crippen LogP contribution in [0.4, 0.5) is 0 Å². The number of hydrogen-bond acceptors (Lipinski definition) is 0. The van der Waals surface area contributed by atoms with Crippen molar-refractivity contribution in [1.29, 1.82) is 0 Å². The Kier molecular flexibility index (Phi) is 0.863. The minimum absolute atomic E-state index is 0.437. The normalized spacial score (nSPS) is 29.5. The number of allylic oxidation sites excluding steroid dienone is 2. The zero-order valence-corrected chi connectivity index (χ0v) is 6.15. The average molecular weight is 110 g/mol. The van der Waals surface area contributed by atoms with E-state index in [1.54, 1.807) is 0 Å². The molecule has 0 amide bonds. The Balaban J connectivity index is 2.82. The van der Waals surface area contributed by atoms with E-state index in [9.17, 15) is 0 Å². The molecule has 0 saturated carbocycles. The third kappa shape index (κ3) is 0.521. The van der Waals surface area contributed by atoms with Crippen molar-refractivity contribution in [2.24, 2.45) is 10.8 Å². The number of rotatable bonds is 0. The van der Waals surface area contributed by atoms with Crippen LogP contribution in [0.3, 0.4) is 0 Å². The summed E-state index contributed by atoms with van der Waals surface area (Å²) in [6.45, 7) is 9.08. The highest BCUT2D eigenvalue weighted by atomic mass is 14.4. The first kappa shape index (κ1) is 5.87. The molecule has 0 heteroatoms. The van der Waals surface area contributed by atoms with Gasteiger partial charge in [0.25, 0.3) is 0 Å². The smallest absolute Gasteiger partial charge is 0.00890 e. The molecule has 0 aromatic heterocycles. The van der Waals surface area contributed by atoms with Gasteiger partial charge in [-0.25, -0.2) is 0 Å².